The lowest BCUT2D eigenvalue weighted by molar-refractivity contribution is -0.0499. The molecule has 0 aliphatic carbocycles. The molecule has 0 aromatic heterocycles. The third-order valence-electron chi connectivity index (χ3n) is 4.89. The number of aliphatic hydroxyl groups excluding tert-OH is 1. The Kier molecular flexibility index (Phi) is 5.46. The molecule has 3 rings (SSSR count). The van der Waals surface area contributed by atoms with E-state index in [0.717, 1.165) is 19.4 Å². The summed E-state index contributed by atoms with van der Waals surface area (Å²) in [4.78, 5) is 2.56. The summed E-state index contributed by atoms with van der Waals surface area (Å²) in [5.74, 6) is 0.0795. The van der Waals surface area contributed by atoms with Crippen LogP contribution >= 0.6 is 0 Å². The molecule has 128 valence electrons. The van der Waals surface area contributed by atoms with Gasteiger partial charge < -0.3 is 20.1 Å². The van der Waals surface area contributed by atoms with Gasteiger partial charge in [-0.15, -0.1) is 0 Å². The van der Waals surface area contributed by atoms with E-state index in [9.17, 15) is 13.9 Å². The van der Waals surface area contributed by atoms with E-state index in [4.69, 9.17) is 0 Å². The van der Waals surface area contributed by atoms with Crippen molar-refractivity contribution in [1.82, 2.24) is 10.2 Å². The first-order valence-corrected chi connectivity index (χ1v) is 8.32. The normalized spacial score (nSPS) is 26.3. The highest BCUT2D eigenvalue weighted by Gasteiger charge is 2.31. The number of aliphatic hydroxyl groups is 1. The summed E-state index contributed by atoms with van der Waals surface area (Å²) in [5.41, 5.74) is 0.592. The second kappa shape index (κ2) is 7.55. The Morgan fingerprint density at radius 3 is 3.00 bits per heavy atom. The molecule has 2 saturated heterocycles. The molecule has 1 aromatic carbocycles. The lowest BCUT2D eigenvalue weighted by Crippen LogP contribution is -2.46. The van der Waals surface area contributed by atoms with Gasteiger partial charge >= 0.3 is 6.61 Å². The van der Waals surface area contributed by atoms with Crippen LogP contribution in [0.1, 0.15) is 37.4 Å². The van der Waals surface area contributed by atoms with Gasteiger partial charge in [0.05, 0.1) is 6.10 Å². The average molecular weight is 326 g/mol. The van der Waals surface area contributed by atoms with E-state index in [1.54, 1.807) is 12.1 Å². The highest BCUT2D eigenvalue weighted by Crippen LogP contribution is 2.27. The SMILES string of the molecule is OC(CNC1CCN2CCCC2C1)c1cccc(OC(F)F)c1. The number of halogens is 2. The van der Waals surface area contributed by atoms with E-state index in [1.807, 2.05) is 0 Å². The molecule has 2 fully saturated rings. The average Bonchev–Trinajstić information content (AvgIpc) is 3.00. The van der Waals surface area contributed by atoms with Gasteiger partial charge in [0.1, 0.15) is 5.75 Å². The largest absolute Gasteiger partial charge is 0.435 e. The second-order valence-corrected chi connectivity index (χ2v) is 6.43. The van der Waals surface area contributed by atoms with Gasteiger partial charge in [-0.1, -0.05) is 12.1 Å². The van der Waals surface area contributed by atoms with Crippen LogP contribution in [-0.2, 0) is 0 Å². The molecule has 4 nitrogen and oxygen atoms in total. The minimum Gasteiger partial charge on any atom is -0.435 e. The van der Waals surface area contributed by atoms with Crippen molar-refractivity contribution < 1.29 is 18.6 Å². The van der Waals surface area contributed by atoms with Gasteiger partial charge in [0.15, 0.2) is 0 Å². The van der Waals surface area contributed by atoms with E-state index in [1.165, 1.54) is 31.5 Å². The number of nitrogens with zero attached hydrogens (tertiary/aromatic N) is 1. The zero-order valence-electron chi connectivity index (χ0n) is 13.1. The first-order chi connectivity index (χ1) is 11.1. The minimum absolute atomic E-state index is 0.0795. The number of piperidine rings is 1. The third-order valence-corrected chi connectivity index (χ3v) is 4.89. The highest BCUT2D eigenvalue weighted by atomic mass is 19.3. The quantitative estimate of drug-likeness (QED) is 0.843. The van der Waals surface area contributed by atoms with Crippen molar-refractivity contribution >= 4 is 0 Å². The van der Waals surface area contributed by atoms with Gasteiger partial charge in [-0.3, -0.25) is 0 Å². The minimum atomic E-state index is -2.85. The molecular weight excluding hydrogens is 302 g/mol. The Morgan fingerprint density at radius 1 is 1.30 bits per heavy atom. The summed E-state index contributed by atoms with van der Waals surface area (Å²) in [6.45, 7) is -0.0834. The fourth-order valence-electron chi connectivity index (χ4n) is 3.70. The van der Waals surface area contributed by atoms with Gasteiger partial charge in [0, 0.05) is 18.6 Å². The molecule has 0 bridgehead atoms. The number of fused-ring (bicyclic) bond motifs is 1. The topological polar surface area (TPSA) is 44.7 Å². The van der Waals surface area contributed by atoms with Crippen molar-refractivity contribution in [2.45, 2.75) is 50.5 Å². The summed E-state index contributed by atoms with van der Waals surface area (Å²) in [6, 6.07) is 7.38. The predicted octanol–water partition coefficient (Wildman–Crippen LogP) is 2.54. The Morgan fingerprint density at radius 2 is 2.17 bits per heavy atom. The van der Waals surface area contributed by atoms with Crippen LogP contribution in [0.5, 0.6) is 5.75 Å². The van der Waals surface area contributed by atoms with Gasteiger partial charge in [-0.2, -0.15) is 8.78 Å². The molecule has 2 aliphatic rings. The summed E-state index contributed by atoms with van der Waals surface area (Å²) in [7, 11) is 0. The smallest absolute Gasteiger partial charge is 0.387 e. The number of benzene rings is 1. The van der Waals surface area contributed by atoms with Crippen LogP contribution in [0.25, 0.3) is 0 Å². The van der Waals surface area contributed by atoms with Crippen LogP contribution in [0.3, 0.4) is 0 Å². The Labute approximate surface area is 135 Å². The maximum Gasteiger partial charge on any atom is 0.387 e. The zero-order valence-corrected chi connectivity index (χ0v) is 13.1. The second-order valence-electron chi connectivity index (χ2n) is 6.43. The molecule has 6 heteroatoms. The van der Waals surface area contributed by atoms with Gasteiger partial charge in [-0.05, 0) is 56.5 Å². The molecule has 3 unspecified atom stereocenters. The van der Waals surface area contributed by atoms with E-state index < -0.39 is 12.7 Å². The van der Waals surface area contributed by atoms with Crippen LogP contribution in [-0.4, -0.2) is 48.3 Å². The lowest BCUT2D eigenvalue weighted by atomic mass is 9.97. The fourth-order valence-corrected chi connectivity index (χ4v) is 3.70. The molecule has 23 heavy (non-hydrogen) atoms. The number of hydrogen-bond donors (Lipinski definition) is 2. The van der Waals surface area contributed by atoms with Crippen molar-refractivity contribution in [2.75, 3.05) is 19.6 Å². The molecule has 0 radical (unpaired) electrons. The summed E-state index contributed by atoms with van der Waals surface area (Å²) < 4.78 is 28.9. The van der Waals surface area contributed by atoms with Crippen LogP contribution in [0.4, 0.5) is 8.78 Å². The maximum absolute atomic E-state index is 12.3. The van der Waals surface area contributed by atoms with Crippen LogP contribution in [0.15, 0.2) is 24.3 Å². The van der Waals surface area contributed by atoms with Crippen molar-refractivity contribution in [3.05, 3.63) is 29.8 Å². The van der Waals surface area contributed by atoms with Crippen molar-refractivity contribution in [3.63, 3.8) is 0 Å². The Hall–Kier alpha value is -1.24. The van der Waals surface area contributed by atoms with Crippen molar-refractivity contribution in [3.8, 4) is 5.75 Å². The van der Waals surface area contributed by atoms with Crippen LogP contribution in [0.2, 0.25) is 0 Å². The van der Waals surface area contributed by atoms with Crippen LogP contribution in [0, 0.1) is 0 Å². The Balaban J connectivity index is 1.50. The summed E-state index contributed by atoms with van der Waals surface area (Å²) in [6.07, 6.45) is 4.06. The standard InChI is InChI=1S/C17H24F2N2O2/c18-17(19)23-15-5-1-3-12(9-15)16(22)11-20-13-6-8-21-7-2-4-14(21)10-13/h1,3,5,9,13-14,16-17,20,22H,2,4,6-8,10-11H2. The molecule has 0 saturated carbocycles. The zero-order chi connectivity index (χ0) is 16.2. The lowest BCUT2D eigenvalue weighted by Gasteiger charge is -2.35. The molecule has 0 spiro atoms. The number of nitrogens with one attached hydrogen (secondary N) is 1. The molecule has 3 atom stereocenters. The fraction of sp³-hybridized carbons (Fsp3) is 0.647. The van der Waals surface area contributed by atoms with Gasteiger partial charge in [0.25, 0.3) is 0 Å². The van der Waals surface area contributed by atoms with Gasteiger partial charge in [-0.25, -0.2) is 0 Å². The van der Waals surface area contributed by atoms with E-state index >= 15 is 0 Å². The molecule has 1 aromatic rings. The maximum atomic E-state index is 12.3. The van der Waals surface area contributed by atoms with Crippen molar-refractivity contribution in [1.29, 1.82) is 0 Å². The van der Waals surface area contributed by atoms with E-state index in [2.05, 4.69) is 15.0 Å². The highest BCUT2D eigenvalue weighted by molar-refractivity contribution is 5.30. The molecule has 0 amide bonds. The molecular formula is C17H24F2N2O2. The summed E-state index contributed by atoms with van der Waals surface area (Å²) >= 11 is 0. The summed E-state index contributed by atoms with van der Waals surface area (Å²) in [5, 5.41) is 13.7. The number of alkyl halides is 2. The number of rotatable bonds is 6. The molecule has 2 heterocycles. The monoisotopic (exact) mass is 326 g/mol. The van der Waals surface area contributed by atoms with E-state index in [0.29, 0.717) is 24.2 Å². The van der Waals surface area contributed by atoms with Crippen LogP contribution < -0.4 is 10.1 Å². The van der Waals surface area contributed by atoms with Crippen molar-refractivity contribution in [2.24, 2.45) is 0 Å². The van der Waals surface area contributed by atoms with E-state index in [-0.39, 0.29) is 5.75 Å². The van der Waals surface area contributed by atoms with Gasteiger partial charge in [0.2, 0.25) is 0 Å². The predicted molar refractivity (Wildman–Crippen MR) is 83.7 cm³/mol. The first kappa shape index (κ1) is 16.6. The third kappa shape index (κ3) is 4.40. The molecule has 2 N–H and O–H groups in total. The molecule has 2 aliphatic heterocycles. The first-order valence-electron chi connectivity index (χ1n) is 8.32. The number of hydrogen-bond acceptors (Lipinski definition) is 4. The Bertz CT molecular complexity index is 515. The number of ether oxygens (including phenoxy) is 1.